The summed E-state index contributed by atoms with van der Waals surface area (Å²) in [6, 6.07) is 0. The lowest BCUT2D eigenvalue weighted by atomic mass is 10.1. The van der Waals surface area contributed by atoms with Crippen molar-refractivity contribution in [3.05, 3.63) is 0 Å². The summed E-state index contributed by atoms with van der Waals surface area (Å²) in [5.74, 6) is 0. The summed E-state index contributed by atoms with van der Waals surface area (Å²) in [6.07, 6.45) is 0.138. The molecule has 0 atom stereocenters. The Bertz CT molecular complexity index is 148. The highest BCUT2D eigenvalue weighted by molar-refractivity contribution is 9.09. The summed E-state index contributed by atoms with van der Waals surface area (Å²) in [6.45, 7) is 0.692. The van der Waals surface area contributed by atoms with Crippen LogP contribution in [0.3, 0.4) is 0 Å². The molecule has 0 aromatic rings. The van der Waals surface area contributed by atoms with E-state index in [9.17, 15) is 8.78 Å². The molecule has 1 rings (SSSR count). The third-order valence-corrected chi connectivity index (χ3v) is 3.49. The standard InChI is InChI=1S/C8H14BrF2N/c1-12(4-7(10)11)6-8(5-9)2-3-8/h7H,2-6H2,1H3. The van der Waals surface area contributed by atoms with Crippen LogP contribution in [0.1, 0.15) is 12.8 Å². The van der Waals surface area contributed by atoms with Gasteiger partial charge < -0.3 is 4.90 Å². The highest BCUT2D eigenvalue weighted by Gasteiger charge is 2.42. The molecule has 1 saturated carbocycles. The van der Waals surface area contributed by atoms with Crippen molar-refractivity contribution in [1.82, 2.24) is 4.90 Å². The van der Waals surface area contributed by atoms with Gasteiger partial charge in [0.2, 0.25) is 0 Å². The molecular weight excluding hydrogens is 228 g/mol. The van der Waals surface area contributed by atoms with Crippen molar-refractivity contribution in [2.45, 2.75) is 19.3 Å². The van der Waals surface area contributed by atoms with Gasteiger partial charge in [-0.25, -0.2) is 8.78 Å². The third-order valence-electron chi connectivity index (χ3n) is 2.30. The van der Waals surface area contributed by atoms with Crippen LogP contribution in [-0.2, 0) is 0 Å². The molecule has 0 spiro atoms. The third kappa shape index (κ3) is 2.98. The quantitative estimate of drug-likeness (QED) is 0.669. The van der Waals surface area contributed by atoms with Crippen molar-refractivity contribution in [3.63, 3.8) is 0 Å². The summed E-state index contributed by atoms with van der Waals surface area (Å²) < 4.78 is 23.9. The molecule has 72 valence electrons. The Morgan fingerprint density at radius 1 is 1.50 bits per heavy atom. The minimum absolute atomic E-state index is 0.102. The zero-order valence-corrected chi connectivity index (χ0v) is 8.78. The number of alkyl halides is 3. The second-order valence-electron chi connectivity index (χ2n) is 3.72. The van der Waals surface area contributed by atoms with Crippen LogP contribution in [0, 0.1) is 5.41 Å². The van der Waals surface area contributed by atoms with Crippen molar-refractivity contribution in [1.29, 1.82) is 0 Å². The Morgan fingerprint density at radius 2 is 2.08 bits per heavy atom. The van der Waals surface area contributed by atoms with Crippen LogP contribution in [0.2, 0.25) is 0 Å². The Labute approximate surface area is 80.2 Å². The van der Waals surface area contributed by atoms with Gasteiger partial charge in [-0.3, -0.25) is 0 Å². The molecule has 0 aromatic carbocycles. The van der Waals surface area contributed by atoms with Gasteiger partial charge in [0.1, 0.15) is 0 Å². The zero-order chi connectivity index (χ0) is 9.19. The molecule has 0 radical (unpaired) electrons. The average molecular weight is 242 g/mol. The molecular formula is C8H14BrF2N. The minimum Gasteiger partial charge on any atom is -0.300 e. The van der Waals surface area contributed by atoms with Gasteiger partial charge in [-0.05, 0) is 25.3 Å². The number of halogens is 3. The van der Waals surface area contributed by atoms with E-state index >= 15 is 0 Å². The first kappa shape index (κ1) is 10.4. The number of rotatable bonds is 5. The van der Waals surface area contributed by atoms with Gasteiger partial charge in [-0.2, -0.15) is 0 Å². The SMILES string of the molecule is CN(CC(F)F)CC1(CBr)CC1. The average Bonchev–Trinajstić information content (AvgIpc) is 2.67. The fourth-order valence-corrected chi connectivity index (χ4v) is 2.12. The molecule has 0 saturated heterocycles. The summed E-state index contributed by atoms with van der Waals surface area (Å²) in [5, 5.41) is 0.938. The van der Waals surface area contributed by atoms with Gasteiger partial charge in [0, 0.05) is 11.9 Å². The molecule has 1 nitrogen and oxygen atoms in total. The summed E-state index contributed by atoms with van der Waals surface area (Å²) in [7, 11) is 1.76. The Balaban J connectivity index is 2.21. The Kier molecular flexibility index (Phi) is 3.47. The molecule has 0 bridgehead atoms. The lowest BCUT2D eigenvalue weighted by molar-refractivity contribution is 0.0929. The van der Waals surface area contributed by atoms with Crippen LogP contribution in [0.5, 0.6) is 0 Å². The van der Waals surface area contributed by atoms with E-state index in [1.54, 1.807) is 11.9 Å². The zero-order valence-electron chi connectivity index (χ0n) is 7.19. The van der Waals surface area contributed by atoms with Crippen LogP contribution < -0.4 is 0 Å². The monoisotopic (exact) mass is 241 g/mol. The molecule has 1 fully saturated rings. The highest BCUT2D eigenvalue weighted by atomic mass is 79.9. The smallest absolute Gasteiger partial charge is 0.251 e. The molecule has 0 aromatic heterocycles. The van der Waals surface area contributed by atoms with E-state index in [1.165, 1.54) is 12.8 Å². The predicted octanol–water partition coefficient (Wildman–Crippen LogP) is 2.36. The van der Waals surface area contributed by atoms with Gasteiger partial charge in [-0.1, -0.05) is 15.9 Å². The Morgan fingerprint density at radius 3 is 2.42 bits per heavy atom. The first-order chi connectivity index (χ1) is 5.58. The largest absolute Gasteiger partial charge is 0.300 e. The van der Waals surface area contributed by atoms with Crippen molar-refractivity contribution >= 4 is 15.9 Å². The van der Waals surface area contributed by atoms with Crippen molar-refractivity contribution in [2.75, 3.05) is 25.5 Å². The lowest BCUT2D eigenvalue weighted by Crippen LogP contribution is -2.31. The van der Waals surface area contributed by atoms with Gasteiger partial charge in [0.15, 0.2) is 0 Å². The molecule has 0 aliphatic heterocycles. The van der Waals surface area contributed by atoms with Crippen LogP contribution in [0.4, 0.5) is 8.78 Å². The summed E-state index contributed by atoms with van der Waals surface area (Å²) in [5.41, 5.74) is 0.309. The Hall–Kier alpha value is 0.300. The molecule has 0 N–H and O–H groups in total. The maximum Gasteiger partial charge on any atom is 0.251 e. The van der Waals surface area contributed by atoms with Gasteiger partial charge in [-0.15, -0.1) is 0 Å². The molecule has 4 heteroatoms. The van der Waals surface area contributed by atoms with E-state index in [1.807, 2.05) is 0 Å². The van der Waals surface area contributed by atoms with Crippen molar-refractivity contribution < 1.29 is 8.78 Å². The first-order valence-corrected chi connectivity index (χ1v) is 5.23. The second-order valence-corrected chi connectivity index (χ2v) is 4.28. The first-order valence-electron chi connectivity index (χ1n) is 4.11. The molecule has 12 heavy (non-hydrogen) atoms. The van der Waals surface area contributed by atoms with Crippen molar-refractivity contribution in [3.8, 4) is 0 Å². The number of hydrogen-bond donors (Lipinski definition) is 0. The summed E-state index contributed by atoms with van der Waals surface area (Å²) in [4.78, 5) is 1.72. The van der Waals surface area contributed by atoms with E-state index in [0.29, 0.717) is 5.41 Å². The fraction of sp³-hybridized carbons (Fsp3) is 1.00. The van der Waals surface area contributed by atoms with Crippen molar-refractivity contribution in [2.24, 2.45) is 5.41 Å². The van der Waals surface area contributed by atoms with Gasteiger partial charge >= 0.3 is 0 Å². The number of nitrogens with zero attached hydrogens (tertiary/aromatic N) is 1. The normalized spacial score (nSPS) is 20.5. The fourth-order valence-electron chi connectivity index (χ4n) is 1.38. The molecule has 0 amide bonds. The molecule has 0 heterocycles. The number of hydrogen-bond acceptors (Lipinski definition) is 1. The molecule has 0 unspecified atom stereocenters. The molecule has 1 aliphatic carbocycles. The second kappa shape index (κ2) is 4.01. The predicted molar refractivity (Wildman–Crippen MR) is 49.0 cm³/mol. The van der Waals surface area contributed by atoms with Gasteiger partial charge in [0.05, 0.1) is 6.54 Å². The van der Waals surface area contributed by atoms with Crippen LogP contribution >= 0.6 is 15.9 Å². The van der Waals surface area contributed by atoms with E-state index in [0.717, 1.165) is 11.9 Å². The van der Waals surface area contributed by atoms with E-state index < -0.39 is 6.43 Å². The van der Waals surface area contributed by atoms with Crippen LogP contribution in [0.25, 0.3) is 0 Å². The minimum atomic E-state index is -2.21. The lowest BCUT2D eigenvalue weighted by Gasteiger charge is -2.21. The van der Waals surface area contributed by atoms with Gasteiger partial charge in [0.25, 0.3) is 6.43 Å². The topological polar surface area (TPSA) is 3.24 Å². The van der Waals surface area contributed by atoms with Crippen LogP contribution in [-0.4, -0.2) is 36.8 Å². The van der Waals surface area contributed by atoms with E-state index in [2.05, 4.69) is 15.9 Å². The van der Waals surface area contributed by atoms with E-state index in [4.69, 9.17) is 0 Å². The highest BCUT2D eigenvalue weighted by Crippen LogP contribution is 2.47. The van der Waals surface area contributed by atoms with Crippen LogP contribution in [0.15, 0.2) is 0 Å². The van der Waals surface area contributed by atoms with E-state index in [-0.39, 0.29) is 6.54 Å². The summed E-state index contributed by atoms with van der Waals surface area (Å²) >= 11 is 3.41. The maximum atomic E-state index is 11.9. The maximum absolute atomic E-state index is 11.9. The molecule has 1 aliphatic rings.